The number of nitrogens with zero attached hydrogens (tertiary/aromatic N) is 3. The van der Waals surface area contributed by atoms with Gasteiger partial charge in [0.25, 0.3) is 5.91 Å². The van der Waals surface area contributed by atoms with E-state index in [0.717, 1.165) is 5.69 Å². The van der Waals surface area contributed by atoms with Gasteiger partial charge in [0.1, 0.15) is 0 Å². The second kappa shape index (κ2) is 6.10. The Bertz CT molecular complexity index is 535. The minimum Gasteiger partial charge on any atom is -0.394 e. The second-order valence-electron chi connectivity index (χ2n) is 4.15. The standard InChI is InChI=1S/C13H16N4O2/c1-2-10(9-18)14-13(19)12-8-17(16-15-12)11-6-4-3-5-7-11/h3-8,10,18H,2,9H2,1H3,(H,14,19)/t10-/m0/s1. The molecule has 19 heavy (non-hydrogen) atoms. The van der Waals surface area contributed by atoms with Gasteiger partial charge in [0.2, 0.25) is 0 Å². The quantitative estimate of drug-likeness (QED) is 0.832. The molecule has 6 nitrogen and oxygen atoms in total. The van der Waals surface area contributed by atoms with Gasteiger partial charge < -0.3 is 10.4 Å². The van der Waals surface area contributed by atoms with Gasteiger partial charge in [0, 0.05) is 0 Å². The van der Waals surface area contributed by atoms with Crippen LogP contribution < -0.4 is 5.32 Å². The zero-order chi connectivity index (χ0) is 13.7. The van der Waals surface area contributed by atoms with Crippen molar-refractivity contribution in [2.24, 2.45) is 0 Å². The number of hydrogen-bond donors (Lipinski definition) is 2. The van der Waals surface area contributed by atoms with Crippen LogP contribution in [0.2, 0.25) is 0 Å². The Hall–Kier alpha value is -2.21. The lowest BCUT2D eigenvalue weighted by molar-refractivity contribution is 0.0910. The van der Waals surface area contributed by atoms with E-state index in [4.69, 9.17) is 5.11 Å². The Morgan fingerprint density at radius 3 is 2.79 bits per heavy atom. The highest BCUT2D eigenvalue weighted by Crippen LogP contribution is 2.05. The zero-order valence-corrected chi connectivity index (χ0v) is 10.7. The summed E-state index contributed by atoms with van der Waals surface area (Å²) in [5.41, 5.74) is 1.07. The summed E-state index contributed by atoms with van der Waals surface area (Å²) in [6.07, 6.45) is 2.23. The maximum Gasteiger partial charge on any atom is 0.273 e. The average Bonchev–Trinajstić information content (AvgIpc) is 2.95. The molecule has 0 radical (unpaired) electrons. The first kappa shape index (κ1) is 13.2. The first-order valence-corrected chi connectivity index (χ1v) is 6.14. The van der Waals surface area contributed by atoms with Gasteiger partial charge in [-0.3, -0.25) is 4.79 Å². The van der Waals surface area contributed by atoms with Crippen LogP contribution in [0.25, 0.3) is 5.69 Å². The molecule has 1 heterocycles. The molecular weight excluding hydrogens is 244 g/mol. The van der Waals surface area contributed by atoms with Gasteiger partial charge in [-0.15, -0.1) is 5.10 Å². The fourth-order valence-electron chi connectivity index (χ4n) is 1.61. The van der Waals surface area contributed by atoms with Crippen LogP contribution >= 0.6 is 0 Å². The maximum atomic E-state index is 11.9. The summed E-state index contributed by atoms with van der Waals surface area (Å²) in [6.45, 7) is 1.80. The Kier molecular flexibility index (Phi) is 4.25. The van der Waals surface area contributed by atoms with E-state index < -0.39 is 0 Å². The van der Waals surface area contributed by atoms with Crippen molar-refractivity contribution in [2.45, 2.75) is 19.4 Å². The van der Waals surface area contributed by atoms with Crippen LogP contribution in [0.3, 0.4) is 0 Å². The number of aliphatic hydroxyl groups is 1. The Labute approximate surface area is 111 Å². The Balaban J connectivity index is 2.11. The molecule has 0 saturated heterocycles. The van der Waals surface area contributed by atoms with Crippen molar-refractivity contribution < 1.29 is 9.90 Å². The highest BCUT2D eigenvalue weighted by Gasteiger charge is 2.14. The smallest absolute Gasteiger partial charge is 0.273 e. The third kappa shape index (κ3) is 3.17. The molecule has 1 aromatic heterocycles. The number of rotatable bonds is 5. The predicted octanol–water partition coefficient (Wildman–Crippen LogP) is 0.768. The minimum atomic E-state index is -0.330. The van der Waals surface area contributed by atoms with E-state index in [1.807, 2.05) is 37.3 Å². The molecule has 0 fully saturated rings. The number of carbonyl (C=O) groups excluding carboxylic acids is 1. The monoisotopic (exact) mass is 260 g/mol. The number of nitrogens with one attached hydrogen (secondary N) is 1. The summed E-state index contributed by atoms with van der Waals surface area (Å²) in [6, 6.07) is 9.17. The number of hydrogen-bond acceptors (Lipinski definition) is 4. The lowest BCUT2D eigenvalue weighted by Crippen LogP contribution is -2.37. The molecular formula is C13H16N4O2. The zero-order valence-electron chi connectivity index (χ0n) is 10.7. The van der Waals surface area contributed by atoms with Gasteiger partial charge in [-0.25, -0.2) is 4.68 Å². The van der Waals surface area contributed by atoms with Gasteiger partial charge >= 0.3 is 0 Å². The molecule has 2 rings (SSSR count). The molecule has 1 aromatic carbocycles. The third-order valence-electron chi connectivity index (χ3n) is 2.80. The van der Waals surface area contributed by atoms with E-state index >= 15 is 0 Å². The van der Waals surface area contributed by atoms with E-state index in [1.165, 1.54) is 4.68 Å². The lowest BCUT2D eigenvalue weighted by atomic mass is 10.2. The van der Waals surface area contributed by atoms with Crippen molar-refractivity contribution in [2.75, 3.05) is 6.61 Å². The van der Waals surface area contributed by atoms with Crippen molar-refractivity contribution in [1.82, 2.24) is 20.3 Å². The van der Waals surface area contributed by atoms with Crippen molar-refractivity contribution in [1.29, 1.82) is 0 Å². The van der Waals surface area contributed by atoms with Crippen molar-refractivity contribution >= 4 is 5.91 Å². The molecule has 2 N–H and O–H groups in total. The topological polar surface area (TPSA) is 80.0 Å². The van der Waals surface area contributed by atoms with Crippen LogP contribution in [0.1, 0.15) is 23.8 Å². The fraction of sp³-hybridized carbons (Fsp3) is 0.308. The molecule has 2 aromatic rings. The first-order valence-electron chi connectivity index (χ1n) is 6.14. The summed E-state index contributed by atoms with van der Waals surface area (Å²) < 4.78 is 1.54. The number of para-hydroxylation sites is 1. The molecule has 0 saturated carbocycles. The molecule has 0 aliphatic carbocycles. The van der Waals surface area contributed by atoms with Crippen LogP contribution in [-0.4, -0.2) is 38.7 Å². The van der Waals surface area contributed by atoms with E-state index in [2.05, 4.69) is 15.6 Å². The van der Waals surface area contributed by atoms with E-state index in [1.54, 1.807) is 6.20 Å². The SMILES string of the molecule is CC[C@@H](CO)NC(=O)c1cn(-c2ccccc2)nn1. The highest BCUT2D eigenvalue weighted by atomic mass is 16.3. The highest BCUT2D eigenvalue weighted by molar-refractivity contribution is 5.92. The number of aliphatic hydroxyl groups excluding tert-OH is 1. The van der Waals surface area contributed by atoms with Crippen LogP contribution in [0.5, 0.6) is 0 Å². The number of aromatic nitrogens is 3. The van der Waals surface area contributed by atoms with Crippen molar-refractivity contribution in [3.63, 3.8) is 0 Å². The normalized spacial score (nSPS) is 12.1. The second-order valence-corrected chi connectivity index (χ2v) is 4.15. The van der Waals surface area contributed by atoms with Gasteiger partial charge in [-0.1, -0.05) is 30.3 Å². The molecule has 0 unspecified atom stereocenters. The average molecular weight is 260 g/mol. The van der Waals surface area contributed by atoms with Crippen LogP contribution in [-0.2, 0) is 0 Å². The molecule has 0 spiro atoms. The Morgan fingerprint density at radius 1 is 1.42 bits per heavy atom. The summed E-state index contributed by atoms with van der Waals surface area (Å²) in [4.78, 5) is 11.9. The van der Waals surface area contributed by atoms with E-state index in [9.17, 15) is 4.79 Å². The largest absolute Gasteiger partial charge is 0.394 e. The predicted molar refractivity (Wildman–Crippen MR) is 70.0 cm³/mol. The third-order valence-corrected chi connectivity index (χ3v) is 2.80. The summed E-state index contributed by atoms with van der Waals surface area (Å²) in [7, 11) is 0. The van der Waals surface area contributed by atoms with Crippen molar-refractivity contribution in [3.05, 3.63) is 42.2 Å². The van der Waals surface area contributed by atoms with Crippen LogP contribution in [0, 0.1) is 0 Å². The van der Waals surface area contributed by atoms with E-state index in [-0.39, 0.29) is 24.2 Å². The molecule has 0 aliphatic rings. The molecule has 1 amide bonds. The van der Waals surface area contributed by atoms with Crippen LogP contribution in [0.4, 0.5) is 0 Å². The maximum absolute atomic E-state index is 11.9. The van der Waals surface area contributed by atoms with Gasteiger partial charge in [-0.2, -0.15) is 0 Å². The van der Waals surface area contributed by atoms with Crippen molar-refractivity contribution in [3.8, 4) is 5.69 Å². The first-order chi connectivity index (χ1) is 9.24. The number of benzene rings is 1. The Morgan fingerprint density at radius 2 is 2.16 bits per heavy atom. The van der Waals surface area contributed by atoms with Crippen LogP contribution in [0.15, 0.2) is 36.5 Å². The molecule has 100 valence electrons. The minimum absolute atomic E-state index is 0.0882. The summed E-state index contributed by atoms with van der Waals surface area (Å²) >= 11 is 0. The number of carbonyl (C=O) groups is 1. The van der Waals surface area contributed by atoms with Gasteiger partial charge in [0.05, 0.1) is 24.5 Å². The molecule has 0 aliphatic heterocycles. The summed E-state index contributed by atoms with van der Waals surface area (Å²) in [5.74, 6) is -0.330. The van der Waals surface area contributed by atoms with Gasteiger partial charge in [0.15, 0.2) is 5.69 Å². The van der Waals surface area contributed by atoms with E-state index in [0.29, 0.717) is 6.42 Å². The fourth-order valence-corrected chi connectivity index (χ4v) is 1.61. The lowest BCUT2D eigenvalue weighted by Gasteiger charge is -2.12. The molecule has 6 heteroatoms. The molecule has 1 atom stereocenters. The molecule has 0 bridgehead atoms. The summed E-state index contributed by atoms with van der Waals surface area (Å²) in [5, 5.41) is 19.5. The van der Waals surface area contributed by atoms with Gasteiger partial charge in [-0.05, 0) is 18.6 Å². The number of amides is 1.